The van der Waals surface area contributed by atoms with Crippen LogP contribution in [0.1, 0.15) is 31.9 Å². The first kappa shape index (κ1) is 11.7. The first-order valence-electron chi connectivity index (χ1n) is 6.18. The number of hydrogen-bond donors (Lipinski definition) is 1. The maximum absolute atomic E-state index is 4.35. The van der Waals surface area contributed by atoms with Crippen LogP contribution in [-0.2, 0) is 0 Å². The van der Waals surface area contributed by atoms with E-state index in [0.29, 0.717) is 6.04 Å². The minimum absolute atomic E-state index is 0.354. The highest BCUT2D eigenvalue weighted by molar-refractivity contribution is 5.30. The van der Waals surface area contributed by atoms with Gasteiger partial charge in [-0.2, -0.15) is 0 Å². The lowest BCUT2D eigenvalue weighted by Gasteiger charge is -2.19. The molecule has 0 saturated carbocycles. The maximum Gasteiger partial charge on any atom is 0.203 e. The van der Waals surface area contributed by atoms with Gasteiger partial charge in [-0.3, -0.25) is 0 Å². The number of benzene rings is 1. The molecule has 17 heavy (non-hydrogen) atoms. The predicted molar refractivity (Wildman–Crippen MR) is 71.3 cm³/mol. The molecule has 1 atom stereocenters. The van der Waals surface area contributed by atoms with E-state index in [2.05, 4.69) is 59.0 Å². The molecular formula is C14H19N3. The van der Waals surface area contributed by atoms with E-state index in [1.807, 2.05) is 12.4 Å². The fraction of sp³-hybridized carbons (Fsp3) is 0.357. The molecule has 3 nitrogen and oxygen atoms in total. The molecule has 1 aromatic heterocycles. The van der Waals surface area contributed by atoms with Gasteiger partial charge in [0.25, 0.3) is 0 Å². The van der Waals surface area contributed by atoms with Gasteiger partial charge in [0.15, 0.2) is 0 Å². The summed E-state index contributed by atoms with van der Waals surface area (Å²) in [5.74, 6) is 0.947. The zero-order valence-corrected chi connectivity index (χ0v) is 10.4. The molecule has 0 radical (unpaired) electrons. The lowest BCUT2D eigenvalue weighted by Crippen LogP contribution is -2.13. The van der Waals surface area contributed by atoms with Crippen molar-refractivity contribution in [3.05, 3.63) is 48.3 Å². The summed E-state index contributed by atoms with van der Waals surface area (Å²) in [7, 11) is 0. The number of imidazole rings is 1. The van der Waals surface area contributed by atoms with Gasteiger partial charge in [0.05, 0.1) is 6.04 Å². The van der Waals surface area contributed by atoms with E-state index >= 15 is 0 Å². The molecule has 1 heterocycles. The summed E-state index contributed by atoms with van der Waals surface area (Å²) in [4.78, 5) is 4.35. The van der Waals surface area contributed by atoms with Gasteiger partial charge >= 0.3 is 0 Å². The van der Waals surface area contributed by atoms with Crippen LogP contribution in [0.5, 0.6) is 0 Å². The lowest BCUT2D eigenvalue weighted by molar-refractivity contribution is 0.571. The lowest BCUT2D eigenvalue weighted by atomic mass is 10.0. The summed E-state index contributed by atoms with van der Waals surface area (Å²) in [6.07, 6.45) is 4.95. The smallest absolute Gasteiger partial charge is 0.203 e. The number of nitrogens with one attached hydrogen (secondary N) is 1. The molecule has 0 fully saturated rings. The Hall–Kier alpha value is -1.77. The van der Waals surface area contributed by atoms with Crippen LogP contribution in [0.2, 0.25) is 0 Å². The van der Waals surface area contributed by atoms with Gasteiger partial charge in [0, 0.05) is 18.9 Å². The highest BCUT2D eigenvalue weighted by Gasteiger charge is 2.13. The maximum atomic E-state index is 4.35. The third-order valence-electron chi connectivity index (χ3n) is 2.91. The van der Waals surface area contributed by atoms with Gasteiger partial charge < -0.3 is 9.88 Å². The largest absolute Gasteiger partial charge is 0.356 e. The van der Waals surface area contributed by atoms with Gasteiger partial charge in [-0.05, 0) is 18.9 Å². The molecule has 0 spiro atoms. The molecular weight excluding hydrogens is 210 g/mol. The Labute approximate surface area is 103 Å². The Bertz CT molecular complexity index is 448. The fourth-order valence-corrected chi connectivity index (χ4v) is 2.13. The second kappa shape index (κ2) is 5.53. The van der Waals surface area contributed by atoms with Crippen LogP contribution in [0.15, 0.2) is 42.7 Å². The average Bonchev–Trinajstić information content (AvgIpc) is 2.81. The number of hydrogen-bond acceptors (Lipinski definition) is 2. The van der Waals surface area contributed by atoms with Crippen LogP contribution in [0.4, 0.5) is 5.95 Å². The molecule has 2 aromatic rings. The Balaban J connectivity index is 2.32. The van der Waals surface area contributed by atoms with Gasteiger partial charge in [-0.15, -0.1) is 0 Å². The van der Waals surface area contributed by atoms with Crippen molar-refractivity contribution < 1.29 is 0 Å². The molecule has 1 aromatic carbocycles. The second-order valence-electron chi connectivity index (χ2n) is 4.02. The number of nitrogens with zero attached hydrogens (tertiary/aromatic N) is 2. The molecule has 1 N–H and O–H groups in total. The Morgan fingerprint density at radius 3 is 2.65 bits per heavy atom. The van der Waals surface area contributed by atoms with Crippen LogP contribution in [0.25, 0.3) is 0 Å². The van der Waals surface area contributed by atoms with Gasteiger partial charge in [0.1, 0.15) is 0 Å². The van der Waals surface area contributed by atoms with Crippen molar-refractivity contribution in [3.63, 3.8) is 0 Å². The molecule has 1 unspecified atom stereocenters. The molecule has 0 bridgehead atoms. The zero-order chi connectivity index (χ0) is 12.1. The third-order valence-corrected chi connectivity index (χ3v) is 2.91. The highest BCUT2D eigenvalue weighted by atomic mass is 15.2. The van der Waals surface area contributed by atoms with E-state index in [4.69, 9.17) is 0 Å². The van der Waals surface area contributed by atoms with Crippen LogP contribution in [0, 0.1) is 0 Å². The third kappa shape index (κ3) is 2.49. The molecule has 0 saturated heterocycles. The standard InChI is InChI=1S/C14H19N3/c1-3-13(12-8-6-5-7-9-12)17-11-10-16-14(17)15-4-2/h5-11,13H,3-4H2,1-2H3,(H,15,16). The summed E-state index contributed by atoms with van der Waals surface area (Å²) in [5, 5.41) is 3.29. The number of aromatic nitrogens is 2. The second-order valence-corrected chi connectivity index (χ2v) is 4.02. The number of rotatable bonds is 5. The zero-order valence-electron chi connectivity index (χ0n) is 10.4. The minimum atomic E-state index is 0.354. The van der Waals surface area contributed by atoms with E-state index in [1.165, 1.54) is 5.56 Å². The van der Waals surface area contributed by atoms with E-state index in [-0.39, 0.29) is 0 Å². The highest BCUT2D eigenvalue weighted by Crippen LogP contribution is 2.24. The summed E-state index contributed by atoms with van der Waals surface area (Å²) >= 11 is 0. The Morgan fingerprint density at radius 2 is 2.00 bits per heavy atom. The number of anilines is 1. The van der Waals surface area contributed by atoms with E-state index in [0.717, 1.165) is 18.9 Å². The monoisotopic (exact) mass is 229 g/mol. The topological polar surface area (TPSA) is 29.9 Å². The predicted octanol–water partition coefficient (Wildman–Crippen LogP) is 3.31. The van der Waals surface area contributed by atoms with Crippen molar-refractivity contribution in [3.8, 4) is 0 Å². The van der Waals surface area contributed by atoms with E-state index < -0.39 is 0 Å². The molecule has 2 rings (SSSR count). The van der Waals surface area contributed by atoms with Crippen LogP contribution >= 0.6 is 0 Å². The van der Waals surface area contributed by atoms with Crippen molar-refractivity contribution in [1.29, 1.82) is 0 Å². The molecule has 0 amide bonds. The first-order valence-corrected chi connectivity index (χ1v) is 6.18. The molecule has 0 aliphatic carbocycles. The van der Waals surface area contributed by atoms with Crippen molar-refractivity contribution >= 4 is 5.95 Å². The summed E-state index contributed by atoms with van der Waals surface area (Å²) < 4.78 is 2.21. The van der Waals surface area contributed by atoms with Gasteiger partial charge in [-0.25, -0.2) is 4.98 Å². The normalized spacial score (nSPS) is 12.4. The van der Waals surface area contributed by atoms with Gasteiger partial charge in [-0.1, -0.05) is 37.3 Å². The summed E-state index contributed by atoms with van der Waals surface area (Å²) in [5.41, 5.74) is 1.33. The van der Waals surface area contributed by atoms with Crippen molar-refractivity contribution in [2.24, 2.45) is 0 Å². The molecule has 0 aliphatic rings. The van der Waals surface area contributed by atoms with E-state index in [9.17, 15) is 0 Å². The van der Waals surface area contributed by atoms with Crippen molar-refractivity contribution in [2.45, 2.75) is 26.3 Å². The van der Waals surface area contributed by atoms with Crippen molar-refractivity contribution in [2.75, 3.05) is 11.9 Å². The minimum Gasteiger partial charge on any atom is -0.356 e. The average molecular weight is 229 g/mol. The van der Waals surface area contributed by atoms with E-state index in [1.54, 1.807) is 0 Å². The summed E-state index contributed by atoms with van der Waals surface area (Å²) in [6, 6.07) is 10.9. The Kier molecular flexibility index (Phi) is 3.81. The first-order chi connectivity index (χ1) is 8.36. The molecule has 0 aliphatic heterocycles. The quantitative estimate of drug-likeness (QED) is 0.852. The summed E-state index contributed by atoms with van der Waals surface area (Å²) in [6.45, 7) is 5.18. The molecule has 3 heteroatoms. The SMILES string of the molecule is CCNc1nccn1C(CC)c1ccccc1. The Morgan fingerprint density at radius 1 is 1.24 bits per heavy atom. The molecule has 90 valence electrons. The fourth-order valence-electron chi connectivity index (χ4n) is 2.13. The van der Waals surface area contributed by atoms with Crippen LogP contribution < -0.4 is 5.32 Å². The van der Waals surface area contributed by atoms with Crippen molar-refractivity contribution in [1.82, 2.24) is 9.55 Å². The van der Waals surface area contributed by atoms with Crippen LogP contribution in [-0.4, -0.2) is 16.1 Å². The van der Waals surface area contributed by atoms with Gasteiger partial charge in [0.2, 0.25) is 5.95 Å². The van der Waals surface area contributed by atoms with Crippen LogP contribution in [0.3, 0.4) is 0 Å².